The topological polar surface area (TPSA) is 63.4 Å². The Morgan fingerprint density at radius 3 is 2.77 bits per heavy atom. The smallest absolute Gasteiger partial charge is 0.252 e. The van der Waals surface area contributed by atoms with E-state index in [2.05, 4.69) is 0 Å². The van der Waals surface area contributed by atoms with Crippen molar-refractivity contribution in [1.29, 1.82) is 0 Å². The van der Waals surface area contributed by atoms with Crippen LogP contribution in [0.4, 0.5) is 0 Å². The summed E-state index contributed by atoms with van der Waals surface area (Å²) in [6.45, 7) is 3.56. The first kappa shape index (κ1) is 18.0. The molecule has 1 atom stereocenters. The largest absolute Gasteiger partial charge is 0.330 e. The van der Waals surface area contributed by atoms with Gasteiger partial charge < -0.3 is 5.73 Å². The molecule has 1 fully saturated rings. The van der Waals surface area contributed by atoms with Gasteiger partial charge in [-0.2, -0.15) is 4.31 Å². The van der Waals surface area contributed by atoms with E-state index in [1.807, 2.05) is 13.0 Å². The van der Waals surface area contributed by atoms with E-state index >= 15 is 0 Å². The quantitative estimate of drug-likeness (QED) is 0.887. The molecule has 0 spiro atoms. The van der Waals surface area contributed by atoms with Gasteiger partial charge in [0.2, 0.25) is 0 Å². The zero-order valence-corrected chi connectivity index (χ0v) is 15.3. The summed E-state index contributed by atoms with van der Waals surface area (Å²) >= 11 is 7.24. The number of thiophene rings is 1. The summed E-state index contributed by atoms with van der Waals surface area (Å²) in [6, 6.07) is 7.13. The zero-order chi connectivity index (χ0) is 15.3. The Labute approximate surface area is 145 Å². The summed E-state index contributed by atoms with van der Waals surface area (Å²) in [6.07, 6.45) is 0.805. The minimum atomic E-state index is -3.44. The predicted octanol–water partition coefficient (Wildman–Crippen LogP) is 3.34. The molecule has 0 aliphatic carbocycles. The van der Waals surface area contributed by atoms with E-state index in [4.69, 9.17) is 17.3 Å². The Balaban J connectivity index is 0.00000176. The molecule has 1 aliphatic heterocycles. The highest BCUT2D eigenvalue weighted by Gasteiger charge is 2.39. The van der Waals surface area contributed by atoms with Crippen LogP contribution in [-0.2, 0) is 10.0 Å². The van der Waals surface area contributed by atoms with E-state index in [0.29, 0.717) is 28.9 Å². The summed E-state index contributed by atoms with van der Waals surface area (Å²) in [7, 11) is -3.44. The standard InChI is InChI=1S/C14H17ClN2O2S2.ClH/c1-14(8-16)4-5-17(9-14)21(18,19)13-7-10-6-11(15)2-3-12(10)20-13;/h2-3,6-7H,4-5,8-9,16H2,1H3;1H. The third-order valence-corrected chi connectivity index (χ3v) is 7.71. The van der Waals surface area contributed by atoms with Gasteiger partial charge in [0.05, 0.1) is 0 Å². The van der Waals surface area contributed by atoms with Gasteiger partial charge in [0, 0.05) is 22.8 Å². The first-order valence-electron chi connectivity index (χ1n) is 6.73. The van der Waals surface area contributed by atoms with Gasteiger partial charge in [-0.3, -0.25) is 0 Å². The predicted molar refractivity (Wildman–Crippen MR) is 94.6 cm³/mol. The van der Waals surface area contributed by atoms with E-state index in [-0.39, 0.29) is 17.8 Å². The molecule has 1 unspecified atom stereocenters. The summed E-state index contributed by atoms with van der Waals surface area (Å²) in [5.74, 6) is 0. The van der Waals surface area contributed by atoms with Crippen LogP contribution in [0.1, 0.15) is 13.3 Å². The number of sulfonamides is 1. The molecule has 4 nitrogen and oxygen atoms in total. The highest BCUT2D eigenvalue weighted by atomic mass is 35.5. The number of hydrogen-bond donors (Lipinski definition) is 1. The van der Waals surface area contributed by atoms with Gasteiger partial charge >= 0.3 is 0 Å². The average molecular weight is 381 g/mol. The van der Waals surface area contributed by atoms with Crippen LogP contribution in [0.15, 0.2) is 28.5 Å². The molecule has 0 bridgehead atoms. The fraction of sp³-hybridized carbons (Fsp3) is 0.429. The Hall–Kier alpha value is -0.370. The van der Waals surface area contributed by atoms with Gasteiger partial charge in [0.15, 0.2) is 0 Å². The van der Waals surface area contributed by atoms with Gasteiger partial charge in [-0.1, -0.05) is 18.5 Å². The van der Waals surface area contributed by atoms with E-state index in [1.165, 1.54) is 11.3 Å². The molecule has 1 aromatic heterocycles. The van der Waals surface area contributed by atoms with Crippen molar-refractivity contribution >= 4 is 55.5 Å². The highest BCUT2D eigenvalue weighted by Crippen LogP contribution is 2.37. The van der Waals surface area contributed by atoms with Crippen molar-refractivity contribution in [2.24, 2.45) is 11.1 Å². The van der Waals surface area contributed by atoms with Gasteiger partial charge in [-0.15, -0.1) is 23.7 Å². The van der Waals surface area contributed by atoms with E-state index in [1.54, 1.807) is 22.5 Å². The molecule has 2 heterocycles. The monoisotopic (exact) mass is 380 g/mol. The van der Waals surface area contributed by atoms with Gasteiger partial charge in [-0.05, 0) is 48.0 Å². The minimum Gasteiger partial charge on any atom is -0.330 e. The Morgan fingerprint density at radius 1 is 1.41 bits per heavy atom. The van der Waals surface area contributed by atoms with Crippen LogP contribution < -0.4 is 5.73 Å². The lowest BCUT2D eigenvalue weighted by Crippen LogP contribution is -2.34. The van der Waals surface area contributed by atoms with Crippen molar-refractivity contribution in [3.63, 3.8) is 0 Å². The molecule has 22 heavy (non-hydrogen) atoms. The molecule has 0 amide bonds. The van der Waals surface area contributed by atoms with E-state index in [0.717, 1.165) is 16.5 Å². The maximum Gasteiger partial charge on any atom is 0.252 e. The Bertz CT molecular complexity index is 791. The Kier molecular flexibility index (Phi) is 5.12. The van der Waals surface area contributed by atoms with Crippen LogP contribution in [0.3, 0.4) is 0 Å². The highest BCUT2D eigenvalue weighted by molar-refractivity contribution is 7.91. The molecule has 0 radical (unpaired) electrons. The molecule has 8 heteroatoms. The lowest BCUT2D eigenvalue weighted by molar-refractivity contribution is 0.350. The molecule has 0 saturated carbocycles. The van der Waals surface area contributed by atoms with Crippen LogP contribution in [0, 0.1) is 5.41 Å². The molecular formula is C14H18Cl2N2O2S2. The summed E-state index contributed by atoms with van der Waals surface area (Å²) in [4.78, 5) is 0. The molecular weight excluding hydrogens is 363 g/mol. The number of hydrogen-bond acceptors (Lipinski definition) is 4. The van der Waals surface area contributed by atoms with E-state index in [9.17, 15) is 8.42 Å². The van der Waals surface area contributed by atoms with Crippen molar-refractivity contribution in [1.82, 2.24) is 4.31 Å². The normalized spacial score (nSPS) is 22.9. The fourth-order valence-corrected chi connectivity index (χ4v) is 5.90. The number of nitrogens with zero attached hydrogens (tertiary/aromatic N) is 1. The molecule has 1 saturated heterocycles. The van der Waals surface area contributed by atoms with Gasteiger partial charge in [-0.25, -0.2) is 8.42 Å². The zero-order valence-electron chi connectivity index (χ0n) is 12.1. The number of fused-ring (bicyclic) bond motifs is 1. The number of rotatable bonds is 3. The maximum atomic E-state index is 12.8. The van der Waals surface area contributed by atoms with Crippen LogP contribution in [0.25, 0.3) is 10.1 Å². The molecule has 3 rings (SSSR count). The van der Waals surface area contributed by atoms with Gasteiger partial charge in [0.25, 0.3) is 10.0 Å². The minimum absolute atomic E-state index is 0. The molecule has 2 N–H and O–H groups in total. The first-order chi connectivity index (χ1) is 9.84. The van der Waals surface area contributed by atoms with Crippen molar-refractivity contribution in [3.05, 3.63) is 29.3 Å². The average Bonchev–Trinajstić information content (AvgIpc) is 3.03. The second kappa shape index (κ2) is 6.26. The SMILES string of the molecule is CC1(CN)CCN(S(=O)(=O)c2cc3cc(Cl)ccc3s2)C1.Cl. The lowest BCUT2D eigenvalue weighted by atomic mass is 9.90. The van der Waals surface area contributed by atoms with Crippen molar-refractivity contribution < 1.29 is 8.42 Å². The molecule has 2 aromatic rings. The number of nitrogens with two attached hydrogens (primary N) is 1. The van der Waals surface area contributed by atoms with Crippen LogP contribution in [0.5, 0.6) is 0 Å². The summed E-state index contributed by atoms with van der Waals surface area (Å²) in [5.41, 5.74) is 5.64. The maximum absolute atomic E-state index is 12.8. The van der Waals surface area contributed by atoms with Crippen LogP contribution in [-0.4, -0.2) is 32.4 Å². The van der Waals surface area contributed by atoms with E-state index < -0.39 is 10.0 Å². The van der Waals surface area contributed by atoms with Crippen molar-refractivity contribution in [3.8, 4) is 0 Å². The summed E-state index contributed by atoms with van der Waals surface area (Å²) in [5, 5.41) is 1.48. The fourth-order valence-electron chi connectivity index (χ4n) is 2.59. The second-order valence-electron chi connectivity index (χ2n) is 5.85. The first-order valence-corrected chi connectivity index (χ1v) is 9.37. The Morgan fingerprint density at radius 2 is 2.14 bits per heavy atom. The number of benzene rings is 1. The molecule has 122 valence electrons. The van der Waals surface area contributed by atoms with Crippen molar-refractivity contribution in [2.75, 3.05) is 19.6 Å². The molecule has 1 aromatic carbocycles. The third-order valence-electron chi connectivity index (χ3n) is 4.07. The number of halogens is 2. The molecule has 1 aliphatic rings. The third kappa shape index (κ3) is 3.13. The van der Waals surface area contributed by atoms with Crippen LogP contribution >= 0.6 is 35.3 Å². The lowest BCUT2D eigenvalue weighted by Gasteiger charge is -2.21. The van der Waals surface area contributed by atoms with Gasteiger partial charge in [0.1, 0.15) is 4.21 Å². The summed E-state index contributed by atoms with van der Waals surface area (Å²) < 4.78 is 28.4. The van der Waals surface area contributed by atoms with Crippen molar-refractivity contribution in [2.45, 2.75) is 17.6 Å². The second-order valence-corrected chi connectivity index (χ2v) is 9.54. The van der Waals surface area contributed by atoms with Crippen LogP contribution in [0.2, 0.25) is 5.02 Å².